The van der Waals surface area contributed by atoms with Gasteiger partial charge in [0.1, 0.15) is 5.82 Å². The summed E-state index contributed by atoms with van der Waals surface area (Å²) >= 11 is 0. The van der Waals surface area contributed by atoms with Crippen LogP contribution in [0.15, 0.2) is 24.3 Å². The van der Waals surface area contributed by atoms with Crippen LogP contribution in [-0.2, 0) is 0 Å². The van der Waals surface area contributed by atoms with E-state index >= 15 is 0 Å². The molecular formula is C20H19BF2O. The number of halogens is 2. The summed E-state index contributed by atoms with van der Waals surface area (Å²) in [6.45, 7) is 2.23. The van der Waals surface area contributed by atoms with E-state index in [2.05, 4.69) is 0 Å². The molecule has 1 fully saturated rings. The first-order chi connectivity index (χ1) is 11.6. The second-order valence-corrected chi connectivity index (χ2v) is 6.94. The molecule has 1 atom stereocenters. The Morgan fingerprint density at radius 2 is 1.62 bits per heavy atom. The molecule has 2 radical (unpaired) electrons. The lowest BCUT2D eigenvalue weighted by Gasteiger charge is -2.15. The van der Waals surface area contributed by atoms with Crippen LogP contribution in [0.4, 0.5) is 8.78 Å². The summed E-state index contributed by atoms with van der Waals surface area (Å²) in [5, 5.41) is 0. The summed E-state index contributed by atoms with van der Waals surface area (Å²) in [6, 6.07) is 6.96. The maximum Gasteiger partial charge on any atom is 0.168 e. The second kappa shape index (κ2) is 5.91. The zero-order valence-corrected chi connectivity index (χ0v) is 13.7. The van der Waals surface area contributed by atoms with Crippen molar-refractivity contribution in [3.8, 4) is 16.9 Å². The fourth-order valence-corrected chi connectivity index (χ4v) is 3.99. The van der Waals surface area contributed by atoms with Crippen LogP contribution in [0.25, 0.3) is 11.1 Å². The van der Waals surface area contributed by atoms with Crippen molar-refractivity contribution in [2.75, 3.05) is 6.61 Å². The molecule has 1 nitrogen and oxygen atoms in total. The Morgan fingerprint density at radius 3 is 2.33 bits per heavy atom. The van der Waals surface area contributed by atoms with Crippen LogP contribution in [0.3, 0.4) is 0 Å². The van der Waals surface area contributed by atoms with Gasteiger partial charge in [-0.3, -0.25) is 0 Å². The van der Waals surface area contributed by atoms with Gasteiger partial charge in [0.25, 0.3) is 0 Å². The quantitative estimate of drug-likeness (QED) is 0.715. The van der Waals surface area contributed by atoms with Crippen molar-refractivity contribution in [3.63, 3.8) is 0 Å². The van der Waals surface area contributed by atoms with Crippen LogP contribution < -0.4 is 4.74 Å². The van der Waals surface area contributed by atoms with Crippen LogP contribution in [0, 0.1) is 24.5 Å². The first kappa shape index (κ1) is 15.7. The molecule has 0 heterocycles. The third kappa shape index (κ3) is 2.35. The van der Waals surface area contributed by atoms with Crippen molar-refractivity contribution in [2.45, 2.75) is 38.4 Å². The van der Waals surface area contributed by atoms with E-state index in [4.69, 9.17) is 12.6 Å². The number of hydrogen-bond acceptors (Lipinski definition) is 1. The highest BCUT2D eigenvalue weighted by atomic mass is 19.1. The maximum atomic E-state index is 15.0. The van der Waals surface area contributed by atoms with Gasteiger partial charge in [0, 0.05) is 0 Å². The van der Waals surface area contributed by atoms with Crippen LogP contribution in [-0.4, -0.2) is 14.5 Å². The molecule has 2 aliphatic carbocycles. The summed E-state index contributed by atoms with van der Waals surface area (Å²) in [5.74, 6) is -0.857. The minimum Gasteiger partial charge on any atom is -0.490 e. The standard InChI is InChI=1S/C20H19BF2O/c1-11-6-7-13-14-8-9-15(24-10-12-4-2-3-5-12)20(23)17(14)18(21)16(13)19(11)22/h6-9,12,18H,2-5,10H2,1H3. The number of fused-ring (bicyclic) bond motifs is 3. The molecule has 0 aliphatic heterocycles. The van der Waals surface area contributed by atoms with Crippen molar-refractivity contribution >= 4 is 7.85 Å². The van der Waals surface area contributed by atoms with E-state index < -0.39 is 11.6 Å². The van der Waals surface area contributed by atoms with Gasteiger partial charge >= 0.3 is 0 Å². The number of benzene rings is 2. The van der Waals surface area contributed by atoms with Crippen molar-refractivity contribution in [2.24, 2.45) is 5.92 Å². The molecule has 24 heavy (non-hydrogen) atoms. The van der Waals surface area contributed by atoms with Gasteiger partial charge in [0.05, 0.1) is 14.5 Å². The molecule has 0 aromatic heterocycles. The smallest absolute Gasteiger partial charge is 0.168 e. The number of rotatable bonds is 3. The number of aryl methyl sites for hydroxylation is 1. The SMILES string of the molecule is [B]C1c2c(ccc(C)c2F)-c2ccc(OCC3CCCC3)c(F)c21. The molecule has 0 spiro atoms. The highest BCUT2D eigenvalue weighted by Crippen LogP contribution is 2.47. The molecule has 2 aromatic carbocycles. The van der Waals surface area contributed by atoms with Gasteiger partial charge in [-0.2, -0.15) is 0 Å². The highest BCUT2D eigenvalue weighted by Gasteiger charge is 2.32. The lowest BCUT2D eigenvalue weighted by molar-refractivity contribution is 0.241. The first-order valence-electron chi connectivity index (χ1n) is 8.58. The Kier molecular flexibility index (Phi) is 3.86. The summed E-state index contributed by atoms with van der Waals surface area (Å²) < 4.78 is 35.2. The predicted molar refractivity (Wildman–Crippen MR) is 91.6 cm³/mol. The molecule has 0 saturated heterocycles. The lowest BCUT2D eigenvalue weighted by Crippen LogP contribution is -2.10. The third-order valence-electron chi connectivity index (χ3n) is 5.38. The first-order valence-corrected chi connectivity index (χ1v) is 8.58. The van der Waals surface area contributed by atoms with Gasteiger partial charge < -0.3 is 4.74 Å². The Morgan fingerprint density at radius 1 is 1.00 bits per heavy atom. The maximum absolute atomic E-state index is 15.0. The highest BCUT2D eigenvalue weighted by molar-refractivity contribution is 6.17. The minimum absolute atomic E-state index is 0.223. The van der Waals surface area contributed by atoms with E-state index in [1.165, 1.54) is 12.8 Å². The van der Waals surface area contributed by atoms with Crippen molar-refractivity contribution in [1.29, 1.82) is 0 Å². The summed E-state index contributed by atoms with van der Waals surface area (Å²) in [5.41, 5.74) is 2.61. The molecule has 1 unspecified atom stereocenters. The largest absolute Gasteiger partial charge is 0.490 e. The van der Waals surface area contributed by atoms with E-state index in [1.54, 1.807) is 25.1 Å². The monoisotopic (exact) mass is 324 g/mol. The Bertz CT molecular complexity index is 797. The summed E-state index contributed by atoms with van der Waals surface area (Å²) in [4.78, 5) is 0. The summed E-state index contributed by atoms with van der Waals surface area (Å²) in [6.07, 6.45) is 4.73. The molecule has 2 aromatic rings. The van der Waals surface area contributed by atoms with Crippen molar-refractivity contribution in [1.82, 2.24) is 0 Å². The lowest BCUT2D eigenvalue weighted by atomic mass is 9.78. The Hall–Kier alpha value is -1.84. The average molecular weight is 324 g/mol. The molecule has 0 amide bonds. The number of ether oxygens (including phenoxy) is 1. The second-order valence-electron chi connectivity index (χ2n) is 6.94. The van der Waals surface area contributed by atoms with Crippen molar-refractivity contribution in [3.05, 3.63) is 52.6 Å². The molecule has 4 heteroatoms. The van der Waals surface area contributed by atoms with Crippen molar-refractivity contribution < 1.29 is 13.5 Å². The molecular weight excluding hydrogens is 305 g/mol. The molecule has 0 N–H and O–H groups in total. The van der Waals surface area contributed by atoms with Crippen LogP contribution in [0.5, 0.6) is 5.75 Å². The van der Waals surface area contributed by atoms with E-state index in [-0.39, 0.29) is 11.6 Å². The van der Waals surface area contributed by atoms with Gasteiger partial charge in [-0.05, 0) is 65.4 Å². The normalized spacial score (nSPS) is 19.4. The van der Waals surface area contributed by atoms with Gasteiger partial charge in [-0.15, -0.1) is 0 Å². The van der Waals surface area contributed by atoms with Gasteiger partial charge in [0.2, 0.25) is 0 Å². The van der Waals surface area contributed by atoms with Gasteiger partial charge in [0.15, 0.2) is 11.6 Å². The average Bonchev–Trinajstić information content (AvgIpc) is 3.18. The van der Waals surface area contributed by atoms with Crippen LogP contribution in [0.1, 0.15) is 48.2 Å². The number of hydrogen-bond donors (Lipinski definition) is 0. The van der Waals surface area contributed by atoms with E-state index in [1.807, 2.05) is 6.07 Å². The molecule has 122 valence electrons. The molecule has 4 rings (SSSR count). The molecule has 0 bridgehead atoms. The van der Waals surface area contributed by atoms with Gasteiger partial charge in [-0.1, -0.05) is 31.0 Å². The van der Waals surface area contributed by atoms with Crippen LogP contribution >= 0.6 is 0 Å². The van der Waals surface area contributed by atoms with Crippen LogP contribution in [0.2, 0.25) is 0 Å². The topological polar surface area (TPSA) is 9.23 Å². The fraction of sp³-hybridized carbons (Fsp3) is 0.400. The third-order valence-corrected chi connectivity index (χ3v) is 5.38. The summed E-state index contributed by atoms with van der Waals surface area (Å²) in [7, 11) is 6.18. The predicted octanol–water partition coefficient (Wildman–Crippen LogP) is 5.08. The molecule has 2 aliphatic rings. The van der Waals surface area contributed by atoms with E-state index in [0.717, 1.165) is 12.8 Å². The minimum atomic E-state index is -0.787. The Labute approximate surface area is 142 Å². The Balaban J connectivity index is 1.69. The van der Waals surface area contributed by atoms with E-state index in [9.17, 15) is 8.78 Å². The zero-order chi connectivity index (χ0) is 16.8. The fourth-order valence-electron chi connectivity index (χ4n) is 3.99. The molecule has 1 saturated carbocycles. The van der Waals surface area contributed by atoms with Gasteiger partial charge in [-0.25, -0.2) is 8.78 Å². The van der Waals surface area contributed by atoms with E-state index in [0.29, 0.717) is 40.3 Å². The zero-order valence-electron chi connectivity index (χ0n) is 13.7.